The maximum Gasteiger partial charge on any atom is 0.332 e. The van der Waals surface area contributed by atoms with Crippen molar-refractivity contribution in [3.8, 4) is 0 Å². The average Bonchev–Trinajstić information content (AvgIpc) is 2.94. The van der Waals surface area contributed by atoms with Gasteiger partial charge >= 0.3 is 6.03 Å². The van der Waals surface area contributed by atoms with Gasteiger partial charge in [0.1, 0.15) is 11.7 Å². The third-order valence-electron chi connectivity index (χ3n) is 4.85. The summed E-state index contributed by atoms with van der Waals surface area (Å²) >= 11 is 6.36. The Morgan fingerprint density at radius 2 is 2.07 bits per heavy atom. The van der Waals surface area contributed by atoms with Crippen molar-refractivity contribution in [3.05, 3.63) is 53.3 Å². The molecule has 0 saturated carbocycles. The number of carbonyl (C=O) groups is 3. The van der Waals surface area contributed by atoms with E-state index in [1.54, 1.807) is 35.2 Å². The number of carbonyl (C=O) groups excluding carboxylic acids is 3. The van der Waals surface area contributed by atoms with Gasteiger partial charge in [0.25, 0.3) is 11.8 Å². The van der Waals surface area contributed by atoms with E-state index in [4.69, 9.17) is 11.6 Å². The normalized spacial score (nSPS) is 21.6. The Morgan fingerprint density at radius 3 is 2.75 bits per heavy atom. The fourth-order valence-electron chi connectivity index (χ4n) is 3.50. The third-order valence-corrected chi connectivity index (χ3v) is 5.15. The van der Waals surface area contributed by atoms with Crippen LogP contribution in [0.15, 0.2) is 42.6 Å². The molecular formula is C19H18ClN5O3. The number of halogens is 1. The molecule has 2 aliphatic rings. The van der Waals surface area contributed by atoms with E-state index >= 15 is 0 Å². The van der Waals surface area contributed by atoms with Crippen LogP contribution in [0, 0.1) is 0 Å². The molecule has 0 spiro atoms. The fraction of sp³-hybridized carbons (Fsp3) is 0.263. The summed E-state index contributed by atoms with van der Waals surface area (Å²) in [6, 6.07) is 8.70. The second kappa shape index (κ2) is 7.21. The standard InChI is InChI=1S/C19H18ClN5O3/c1-11-9-21-10-16-18(27)25(19(28)24(11)16)15-6-5-12(8-13(15)20)23-17(26)14-4-2-3-7-22-14/h2-8,11,16,21H,9-10H2,1H3,(H,23,26). The predicted molar refractivity (Wildman–Crippen MR) is 104 cm³/mol. The zero-order chi connectivity index (χ0) is 19.8. The van der Waals surface area contributed by atoms with Crippen LogP contribution in [0.25, 0.3) is 0 Å². The molecule has 2 unspecified atom stereocenters. The lowest BCUT2D eigenvalue weighted by Crippen LogP contribution is -2.55. The van der Waals surface area contributed by atoms with E-state index in [0.717, 1.165) is 4.90 Å². The minimum atomic E-state index is -0.532. The molecular weight excluding hydrogens is 382 g/mol. The Balaban J connectivity index is 1.57. The molecule has 8 nitrogen and oxygen atoms in total. The van der Waals surface area contributed by atoms with Gasteiger partial charge in [0, 0.05) is 31.0 Å². The van der Waals surface area contributed by atoms with Crippen molar-refractivity contribution in [1.82, 2.24) is 15.2 Å². The smallest absolute Gasteiger partial charge is 0.321 e. The van der Waals surface area contributed by atoms with Crippen LogP contribution in [0.4, 0.5) is 16.2 Å². The molecule has 28 heavy (non-hydrogen) atoms. The van der Waals surface area contributed by atoms with Crippen LogP contribution in [0.1, 0.15) is 17.4 Å². The van der Waals surface area contributed by atoms with E-state index in [1.165, 1.54) is 12.3 Å². The Hall–Kier alpha value is -2.97. The molecule has 2 N–H and O–H groups in total. The number of piperazine rings is 1. The van der Waals surface area contributed by atoms with Gasteiger partial charge in [-0.3, -0.25) is 14.6 Å². The van der Waals surface area contributed by atoms with Crippen molar-refractivity contribution in [1.29, 1.82) is 0 Å². The summed E-state index contributed by atoms with van der Waals surface area (Å²) in [6.07, 6.45) is 1.53. The van der Waals surface area contributed by atoms with E-state index in [1.807, 2.05) is 6.92 Å². The summed E-state index contributed by atoms with van der Waals surface area (Å²) in [7, 11) is 0. The van der Waals surface area contributed by atoms with E-state index in [9.17, 15) is 14.4 Å². The molecule has 2 atom stereocenters. The SMILES string of the molecule is CC1CNCC2C(=O)N(c3ccc(NC(=O)c4ccccn4)cc3Cl)C(=O)N12. The second-order valence-electron chi connectivity index (χ2n) is 6.72. The minimum Gasteiger partial charge on any atom is -0.321 e. The van der Waals surface area contributed by atoms with Crippen molar-refractivity contribution >= 4 is 40.8 Å². The summed E-state index contributed by atoms with van der Waals surface area (Å²) in [5, 5.41) is 6.06. The van der Waals surface area contributed by atoms with E-state index in [0.29, 0.717) is 24.5 Å². The van der Waals surface area contributed by atoms with E-state index < -0.39 is 6.04 Å². The predicted octanol–water partition coefficient (Wildman–Crippen LogP) is 2.12. The molecule has 0 aliphatic carbocycles. The van der Waals surface area contributed by atoms with E-state index in [2.05, 4.69) is 15.6 Å². The third kappa shape index (κ3) is 3.10. The van der Waals surface area contributed by atoms with Crippen LogP contribution in [0.2, 0.25) is 5.02 Å². The zero-order valence-corrected chi connectivity index (χ0v) is 15.8. The highest BCUT2D eigenvalue weighted by atomic mass is 35.5. The number of nitrogens with one attached hydrogen (secondary N) is 2. The number of pyridine rings is 1. The molecule has 0 radical (unpaired) electrons. The lowest BCUT2D eigenvalue weighted by atomic mass is 10.1. The van der Waals surface area contributed by atoms with Gasteiger partial charge in [0.05, 0.1) is 10.7 Å². The molecule has 2 saturated heterocycles. The number of benzene rings is 1. The van der Waals surface area contributed by atoms with Crippen molar-refractivity contribution in [2.45, 2.75) is 19.0 Å². The van der Waals surface area contributed by atoms with Crippen LogP contribution in [-0.2, 0) is 4.79 Å². The van der Waals surface area contributed by atoms with E-state index in [-0.39, 0.29) is 34.6 Å². The van der Waals surface area contributed by atoms with Crippen molar-refractivity contribution < 1.29 is 14.4 Å². The average molecular weight is 400 g/mol. The molecule has 1 aromatic heterocycles. The van der Waals surface area contributed by atoms with Crippen LogP contribution < -0.4 is 15.5 Å². The number of urea groups is 1. The van der Waals surface area contributed by atoms with Gasteiger partial charge in [0.15, 0.2) is 0 Å². The number of nitrogens with zero attached hydrogens (tertiary/aromatic N) is 3. The first-order valence-corrected chi connectivity index (χ1v) is 9.24. The molecule has 1 aromatic carbocycles. The van der Waals surface area contributed by atoms with Crippen molar-refractivity contribution in [2.24, 2.45) is 0 Å². The molecule has 3 heterocycles. The molecule has 2 aromatic rings. The van der Waals surface area contributed by atoms with Crippen LogP contribution in [-0.4, -0.2) is 52.9 Å². The number of amides is 4. The monoisotopic (exact) mass is 399 g/mol. The Morgan fingerprint density at radius 1 is 1.25 bits per heavy atom. The first-order chi connectivity index (χ1) is 13.5. The maximum absolute atomic E-state index is 12.8. The van der Waals surface area contributed by atoms with Gasteiger partial charge in [-0.05, 0) is 37.3 Å². The summed E-state index contributed by atoms with van der Waals surface area (Å²) in [5.74, 6) is -0.689. The summed E-state index contributed by atoms with van der Waals surface area (Å²) < 4.78 is 0. The van der Waals surface area contributed by atoms with Crippen LogP contribution in [0.3, 0.4) is 0 Å². The first-order valence-electron chi connectivity index (χ1n) is 8.86. The summed E-state index contributed by atoms with van der Waals surface area (Å²) in [5.41, 5.74) is 1.01. The topological polar surface area (TPSA) is 94.6 Å². The highest BCUT2D eigenvalue weighted by Gasteiger charge is 2.49. The fourth-order valence-corrected chi connectivity index (χ4v) is 3.76. The number of rotatable bonds is 3. The van der Waals surface area contributed by atoms with Gasteiger partial charge < -0.3 is 15.5 Å². The van der Waals surface area contributed by atoms with Crippen molar-refractivity contribution in [3.63, 3.8) is 0 Å². The summed E-state index contributed by atoms with van der Waals surface area (Å²) in [4.78, 5) is 44.5. The molecule has 4 amide bonds. The number of fused-ring (bicyclic) bond motifs is 1. The molecule has 4 rings (SSSR count). The highest BCUT2D eigenvalue weighted by molar-refractivity contribution is 6.36. The number of hydrogen-bond acceptors (Lipinski definition) is 5. The van der Waals surface area contributed by atoms with Gasteiger partial charge in [-0.15, -0.1) is 0 Å². The quantitative estimate of drug-likeness (QED) is 0.771. The van der Waals surface area contributed by atoms with Gasteiger partial charge in [-0.2, -0.15) is 0 Å². The number of aromatic nitrogens is 1. The molecule has 144 valence electrons. The Kier molecular flexibility index (Phi) is 4.74. The van der Waals surface area contributed by atoms with Crippen molar-refractivity contribution in [2.75, 3.05) is 23.3 Å². The van der Waals surface area contributed by atoms with Gasteiger partial charge in [0.2, 0.25) is 0 Å². The minimum absolute atomic E-state index is 0.0871. The largest absolute Gasteiger partial charge is 0.332 e. The lowest BCUT2D eigenvalue weighted by molar-refractivity contribution is -0.120. The second-order valence-corrected chi connectivity index (χ2v) is 7.13. The molecule has 0 bridgehead atoms. The highest BCUT2D eigenvalue weighted by Crippen LogP contribution is 2.34. The number of anilines is 2. The molecule has 9 heteroatoms. The Labute approximate surface area is 166 Å². The number of imide groups is 1. The van der Waals surface area contributed by atoms with Gasteiger partial charge in [-0.1, -0.05) is 17.7 Å². The van der Waals surface area contributed by atoms with Gasteiger partial charge in [-0.25, -0.2) is 9.69 Å². The zero-order valence-electron chi connectivity index (χ0n) is 15.1. The lowest BCUT2D eigenvalue weighted by Gasteiger charge is -2.33. The molecule has 2 aliphatic heterocycles. The summed E-state index contributed by atoms with van der Waals surface area (Å²) in [6.45, 7) is 2.95. The Bertz CT molecular complexity index is 952. The molecule has 2 fully saturated rings. The van der Waals surface area contributed by atoms with Crippen LogP contribution >= 0.6 is 11.6 Å². The number of hydrogen-bond donors (Lipinski definition) is 2. The maximum atomic E-state index is 12.8. The van der Waals surface area contributed by atoms with Crippen LogP contribution in [0.5, 0.6) is 0 Å². The first kappa shape index (κ1) is 18.4.